The number of hydrogen-bond acceptors (Lipinski definition) is 4. The molecule has 27 heavy (non-hydrogen) atoms. The number of carbonyl (C=O) groups excluding carboxylic acids is 3. The van der Waals surface area contributed by atoms with Crippen molar-refractivity contribution in [3.63, 3.8) is 0 Å². The molecular weight excluding hydrogens is 344 g/mol. The molecule has 3 amide bonds. The Balaban J connectivity index is 1.58. The highest BCUT2D eigenvalue weighted by molar-refractivity contribution is 6.22. The zero-order chi connectivity index (χ0) is 19.6. The molecule has 6 nitrogen and oxygen atoms in total. The summed E-state index contributed by atoms with van der Waals surface area (Å²) in [6.45, 7) is 3.95. The lowest BCUT2D eigenvalue weighted by atomic mass is 10.1. The van der Waals surface area contributed by atoms with Crippen molar-refractivity contribution < 1.29 is 19.1 Å². The number of amides is 3. The van der Waals surface area contributed by atoms with E-state index < -0.39 is 11.8 Å². The molecule has 1 aliphatic heterocycles. The lowest BCUT2D eigenvalue weighted by molar-refractivity contribution is -0.121. The Labute approximate surface area is 158 Å². The number of nitrogens with one attached hydrogen (secondary N) is 1. The number of hydrogen-bond donors (Lipinski definition) is 1. The predicted molar refractivity (Wildman–Crippen MR) is 101 cm³/mol. The first kappa shape index (κ1) is 18.6. The molecular formula is C21H22N2O4. The lowest BCUT2D eigenvalue weighted by Crippen LogP contribution is -2.40. The Hall–Kier alpha value is -3.15. The topological polar surface area (TPSA) is 75.7 Å². The molecule has 0 radical (unpaired) electrons. The largest absolute Gasteiger partial charge is 0.496 e. The zero-order valence-electron chi connectivity index (χ0n) is 15.7. The van der Waals surface area contributed by atoms with Crippen molar-refractivity contribution in [1.29, 1.82) is 0 Å². The maximum Gasteiger partial charge on any atom is 0.262 e. The number of rotatable bonds is 6. The summed E-state index contributed by atoms with van der Waals surface area (Å²) in [5.41, 5.74) is 3.71. The Morgan fingerprint density at radius 2 is 1.67 bits per heavy atom. The molecule has 1 N–H and O–H groups in total. The van der Waals surface area contributed by atoms with Gasteiger partial charge < -0.3 is 10.1 Å². The fraction of sp³-hybridized carbons (Fsp3) is 0.286. The summed E-state index contributed by atoms with van der Waals surface area (Å²) in [5.74, 6) is -0.446. The standard InChI is InChI=1S/C21H22N2O4/c1-13-5-7-18(27-3)15(10-13)8-9-22-19(24)12-23-20(25)16-6-4-14(2)11-17(16)21(23)26/h4-7,10-11H,8-9,12H2,1-3H3,(H,22,24). The van der Waals surface area contributed by atoms with Crippen LogP contribution in [-0.4, -0.2) is 42.8 Å². The molecule has 0 saturated heterocycles. The van der Waals surface area contributed by atoms with E-state index in [-0.39, 0.29) is 12.5 Å². The second-order valence-electron chi connectivity index (χ2n) is 6.66. The first-order valence-corrected chi connectivity index (χ1v) is 8.77. The summed E-state index contributed by atoms with van der Waals surface area (Å²) in [6.07, 6.45) is 0.595. The highest BCUT2D eigenvalue weighted by atomic mass is 16.5. The van der Waals surface area contributed by atoms with E-state index in [0.29, 0.717) is 24.1 Å². The number of carbonyl (C=O) groups is 3. The highest BCUT2D eigenvalue weighted by Gasteiger charge is 2.36. The van der Waals surface area contributed by atoms with E-state index in [2.05, 4.69) is 5.32 Å². The molecule has 2 aromatic rings. The van der Waals surface area contributed by atoms with Crippen LogP contribution in [0, 0.1) is 13.8 Å². The highest BCUT2D eigenvalue weighted by Crippen LogP contribution is 2.23. The molecule has 0 bridgehead atoms. The van der Waals surface area contributed by atoms with Crippen LogP contribution >= 0.6 is 0 Å². The van der Waals surface area contributed by atoms with E-state index >= 15 is 0 Å². The molecule has 1 aliphatic rings. The maximum absolute atomic E-state index is 12.4. The van der Waals surface area contributed by atoms with Gasteiger partial charge in [0.2, 0.25) is 5.91 Å². The first-order chi connectivity index (χ1) is 12.9. The predicted octanol–water partition coefficient (Wildman–Crippen LogP) is 2.27. The van der Waals surface area contributed by atoms with E-state index in [1.807, 2.05) is 32.0 Å². The van der Waals surface area contributed by atoms with Crippen LogP contribution in [-0.2, 0) is 11.2 Å². The van der Waals surface area contributed by atoms with Crippen LogP contribution in [0.25, 0.3) is 0 Å². The van der Waals surface area contributed by atoms with Gasteiger partial charge in [-0.2, -0.15) is 0 Å². The van der Waals surface area contributed by atoms with Gasteiger partial charge in [-0.05, 0) is 44.0 Å². The number of nitrogens with zero attached hydrogens (tertiary/aromatic N) is 1. The summed E-state index contributed by atoms with van der Waals surface area (Å²) < 4.78 is 5.33. The summed E-state index contributed by atoms with van der Waals surface area (Å²) in [4.78, 5) is 38.0. The van der Waals surface area contributed by atoms with Gasteiger partial charge in [-0.1, -0.05) is 29.3 Å². The van der Waals surface area contributed by atoms with Crippen molar-refractivity contribution in [2.24, 2.45) is 0 Å². The van der Waals surface area contributed by atoms with Crippen molar-refractivity contribution in [3.05, 3.63) is 64.2 Å². The van der Waals surface area contributed by atoms with Crippen LogP contribution in [0.5, 0.6) is 5.75 Å². The molecule has 140 valence electrons. The fourth-order valence-corrected chi connectivity index (χ4v) is 3.19. The van der Waals surface area contributed by atoms with Gasteiger partial charge in [0, 0.05) is 6.54 Å². The molecule has 1 heterocycles. The Morgan fingerprint density at radius 3 is 2.41 bits per heavy atom. The Morgan fingerprint density at radius 1 is 1.00 bits per heavy atom. The van der Waals surface area contributed by atoms with Crippen LogP contribution < -0.4 is 10.1 Å². The number of benzene rings is 2. The van der Waals surface area contributed by atoms with Gasteiger partial charge in [0.05, 0.1) is 18.2 Å². The van der Waals surface area contributed by atoms with Gasteiger partial charge in [0.1, 0.15) is 12.3 Å². The molecule has 0 spiro atoms. The third kappa shape index (κ3) is 3.84. The molecule has 0 fully saturated rings. The second kappa shape index (κ2) is 7.61. The maximum atomic E-state index is 12.4. The average Bonchev–Trinajstić information content (AvgIpc) is 2.86. The van der Waals surface area contributed by atoms with E-state index in [1.54, 1.807) is 25.3 Å². The van der Waals surface area contributed by atoms with Crippen molar-refractivity contribution >= 4 is 17.7 Å². The second-order valence-corrected chi connectivity index (χ2v) is 6.66. The Bertz CT molecular complexity index is 920. The molecule has 6 heteroatoms. The van der Waals surface area contributed by atoms with Gasteiger partial charge in [0.25, 0.3) is 11.8 Å². The number of imide groups is 1. The third-order valence-corrected chi connectivity index (χ3v) is 4.58. The van der Waals surface area contributed by atoms with Crippen LogP contribution in [0.2, 0.25) is 0 Å². The zero-order valence-corrected chi connectivity index (χ0v) is 15.7. The summed E-state index contributed by atoms with van der Waals surface area (Å²) in [5, 5.41) is 2.77. The van der Waals surface area contributed by atoms with Crippen molar-refractivity contribution in [2.75, 3.05) is 20.2 Å². The molecule has 0 saturated carbocycles. The molecule has 0 aromatic heterocycles. The van der Waals surface area contributed by atoms with E-state index in [0.717, 1.165) is 27.3 Å². The number of methoxy groups -OCH3 is 1. The van der Waals surface area contributed by atoms with Crippen molar-refractivity contribution in [2.45, 2.75) is 20.3 Å². The minimum Gasteiger partial charge on any atom is -0.496 e. The van der Waals surface area contributed by atoms with Gasteiger partial charge in [-0.15, -0.1) is 0 Å². The quantitative estimate of drug-likeness (QED) is 0.796. The van der Waals surface area contributed by atoms with Crippen LogP contribution in [0.3, 0.4) is 0 Å². The smallest absolute Gasteiger partial charge is 0.262 e. The molecule has 0 aliphatic carbocycles. The van der Waals surface area contributed by atoms with Gasteiger partial charge in [-0.25, -0.2) is 0 Å². The third-order valence-electron chi connectivity index (χ3n) is 4.58. The van der Waals surface area contributed by atoms with Crippen molar-refractivity contribution in [3.8, 4) is 5.75 Å². The van der Waals surface area contributed by atoms with Crippen LogP contribution in [0.4, 0.5) is 0 Å². The first-order valence-electron chi connectivity index (χ1n) is 8.77. The summed E-state index contributed by atoms with van der Waals surface area (Å²) in [7, 11) is 1.61. The SMILES string of the molecule is COc1ccc(C)cc1CCNC(=O)CN1C(=O)c2ccc(C)cc2C1=O. The van der Waals surface area contributed by atoms with E-state index in [1.165, 1.54) is 0 Å². The van der Waals surface area contributed by atoms with Crippen molar-refractivity contribution in [1.82, 2.24) is 10.2 Å². The van der Waals surface area contributed by atoms with Crippen LogP contribution in [0.15, 0.2) is 36.4 Å². The van der Waals surface area contributed by atoms with Crippen LogP contribution in [0.1, 0.15) is 37.4 Å². The molecule has 0 unspecified atom stereocenters. The number of ether oxygens (including phenoxy) is 1. The van der Waals surface area contributed by atoms with Gasteiger partial charge in [-0.3, -0.25) is 19.3 Å². The van der Waals surface area contributed by atoms with Gasteiger partial charge >= 0.3 is 0 Å². The number of fused-ring (bicyclic) bond motifs is 1. The summed E-state index contributed by atoms with van der Waals surface area (Å²) >= 11 is 0. The molecule has 3 rings (SSSR count). The summed E-state index contributed by atoms with van der Waals surface area (Å²) in [6, 6.07) is 11.0. The minimum atomic E-state index is -0.425. The van der Waals surface area contributed by atoms with E-state index in [4.69, 9.17) is 4.74 Å². The van der Waals surface area contributed by atoms with Gasteiger partial charge in [0.15, 0.2) is 0 Å². The fourth-order valence-electron chi connectivity index (χ4n) is 3.19. The lowest BCUT2D eigenvalue weighted by Gasteiger charge is -2.14. The average molecular weight is 366 g/mol. The normalized spacial score (nSPS) is 12.9. The molecule has 0 atom stereocenters. The Kier molecular flexibility index (Phi) is 5.26. The van der Waals surface area contributed by atoms with E-state index in [9.17, 15) is 14.4 Å². The molecule has 2 aromatic carbocycles. The minimum absolute atomic E-state index is 0.281. The number of aryl methyl sites for hydroxylation is 2. The monoisotopic (exact) mass is 366 g/mol.